The standard InChI is InChI=1S/C12H13BrFNO2/c1-12(2)6-17-11(16)15-10(12)8-5-7(13)3-4-9(8)14/h3-5,10H,6H2,1-2H3,(H,15,16)/t10-/m1/s1. The van der Waals surface area contributed by atoms with E-state index in [1.807, 2.05) is 13.8 Å². The van der Waals surface area contributed by atoms with Crippen LogP contribution in [0.1, 0.15) is 25.5 Å². The third kappa shape index (κ3) is 2.44. The van der Waals surface area contributed by atoms with Gasteiger partial charge < -0.3 is 10.1 Å². The Balaban J connectivity index is 2.42. The van der Waals surface area contributed by atoms with E-state index in [4.69, 9.17) is 4.74 Å². The number of halogens is 2. The van der Waals surface area contributed by atoms with E-state index in [1.165, 1.54) is 6.07 Å². The molecule has 1 N–H and O–H groups in total. The molecule has 1 fully saturated rings. The second kappa shape index (κ2) is 4.29. The average Bonchev–Trinajstić information content (AvgIpc) is 2.26. The normalized spacial score (nSPS) is 22.8. The van der Waals surface area contributed by atoms with Crippen LogP contribution in [0.3, 0.4) is 0 Å². The number of hydrogen-bond acceptors (Lipinski definition) is 2. The van der Waals surface area contributed by atoms with Crippen molar-refractivity contribution in [1.82, 2.24) is 5.32 Å². The van der Waals surface area contributed by atoms with E-state index in [-0.39, 0.29) is 23.9 Å². The maximum Gasteiger partial charge on any atom is 0.407 e. The molecule has 3 nitrogen and oxygen atoms in total. The second-order valence-corrected chi connectivity index (χ2v) is 5.72. The average molecular weight is 302 g/mol. The molecule has 0 radical (unpaired) electrons. The monoisotopic (exact) mass is 301 g/mol. The summed E-state index contributed by atoms with van der Waals surface area (Å²) in [5.41, 5.74) is 0.122. The second-order valence-electron chi connectivity index (χ2n) is 4.81. The largest absolute Gasteiger partial charge is 0.449 e. The van der Waals surface area contributed by atoms with Gasteiger partial charge in [0.1, 0.15) is 12.4 Å². The van der Waals surface area contributed by atoms with Crippen LogP contribution in [0, 0.1) is 11.2 Å². The summed E-state index contributed by atoms with van der Waals surface area (Å²) in [5, 5.41) is 2.67. The Kier molecular flexibility index (Phi) is 3.12. The summed E-state index contributed by atoms with van der Waals surface area (Å²) in [4.78, 5) is 11.3. The lowest BCUT2D eigenvalue weighted by molar-refractivity contribution is 0.0377. The number of ether oxygens (including phenoxy) is 1. The highest BCUT2D eigenvalue weighted by molar-refractivity contribution is 9.10. The van der Waals surface area contributed by atoms with Crippen LogP contribution < -0.4 is 5.32 Å². The lowest BCUT2D eigenvalue weighted by Crippen LogP contribution is -2.47. The summed E-state index contributed by atoms with van der Waals surface area (Å²) in [6.07, 6.45) is -0.506. The number of alkyl carbamates (subject to hydrolysis) is 1. The zero-order valence-electron chi connectivity index (χ0n) is 9.59. The highest BCUT2D eigenvalue weighted by Crippen LogP contribution is 2.38. The number of nitrogens with one attached hydrogen (secondary N) is 1. The first kappa shape index (κ1) is 12.4. The molecule has 5 heteroatoms. The molecule has 1 aromatic rings. The molecule has 1 amide bonds. The van der Waals surface area contributed by atoms with Crippen LogP contribution in [0.15, 0.2) is 22.7 Å². The molecule has 0 aliphatic carbocycles. The van der Waals surface area contributed by atoms with Gasteiger partial charge in [-0.15, -0.1) is 0 Å². The fourth-order valence-electron chi connectivity index (χ4n) is 1.92. The molecule has 92 valence electrons. The van der Waals surface area contributed by atoms with Crippen LogP contribution in [0.4, 0.5) is 9.18 Å². The Morgan fingerprint density at radius 2 is 2.24 bits per heavy atom. The van der Waals surface area contributed by atoms with Crippen molar-refractivity contribution in [3.63, 3.8) is 0 Å². The van der Waals surface area contributed by atoms with Crippen LogP contribution in [-0.2, 0) is 4.74 Å². The van der Waals surface area contributed by atoms with Crippen LogP contribution in [0.25, 0.3) is 0 Å². The first-order valence-electron chi connectivity index (χ1n) is 5.28. The minimum Gasteiger partial charge on any atom is -0.449 e. The van der Waals surface area contributed by atoms with Gasteiger partial charge in [0.05, 0.1) is 6.04 Å². The molecule has 0 aromatic heterocycles. The van der Waals surface area contributed by atoms with Crippen molar-refractivity contribution in [1.29, 1.82) is 0 Å². The van der Waals surface area contributed by atoms with Crippen LogP contribution in [0.5, 0.6) is 0 Å². The molecule has 2 rings (SSSR count). The van der Waals surface area contributed by atoms with E-state index in [0.29, 0.717) is 5.56 Å². The molecule has 0 spiro atoms. The SMILES string of the molecule is CC1(C)COC(=O)N[C@@H]1c1cc(Br)ccc1F. The summed E-state index contributed by atoms with van der Waals surface area (Å²) in [6.45, 7) is 4.13. The first-order valence-corrected chi connectivity index (χ1v) is 6.08. The third-order valence-electron chi connectivity index (χ3n) is 2.89. The summed E-state index contributed by atoms with van der Waals surface area (Å²) in [5.74, 6) is -0.325. The predicted molar refractivity (Wildman–Crippen MR) is 65.1 cm³/mol. The molecule has 1 heterocycles. The zero-order valence-corrected chi connectivity index (χ0v) is 11.2. The minimum absolute atomic E-state index is 0.273. The molecule has 1 atom stereocenters. The lowest BCUT2D eigenvalue weighted by Gasteiger charge is -2.38. The molecular formula is C12H13BrFNO2. The highest BCUT2D eigenvalue weighted by Gasteiger charge is 2.39. The van der Waals surface area contributed by atoms with Gasteiger partial charge in [-0.1, -0.05) is 29.8 Å². The highest BCUT2D eigenvalue weighted by atomic mass is 79.9. The summed E-state index contributed by atoms with van der Waals surface area (Å²) in [6, 6.07) is 4.32. The number of carbonyl (C=O) groups is 1. The van der Waals surface area contributed by atoms with Crippen LogP contribution in [0.2, 0.25) is 0 Å². The van der Waals surface area contributed by atoms with Gasteiger partial charge in [-0.05, 0) is 18.2 Å². The zero-order chi connectivity index (χ0) is 12.6. The molecule has 1 aliphatic rings. The Labute approximate surface area is 107 Å². The fraction of sp³-hybridized carbons (Fsp3) is 0.417. The quantitative estimate of drug-likeness (QED) is 0.863. The number of carbonyl (C=O) groups excluding carboxylic acids is 1. The van der Waals surface area contributed by atoms with Crippen LogP contribution >= 0.6 is 15.9 Å². The number of rotatable bonds is 1. The molecule has 0 bridgehead atoms. The Bertz CT molecular complexity index is 462. The Morgan fingerprint density at radius 3 is 2.94 bits per heavy atom. The predicted octanol–water partition coefficient (Wildman–Crippen LogP) is 3.40. The van der Waals surface area contributed by atoms with Gasteiger partial charge in [0.2, 0.25) is 0 Å². The Hall–Kier alpha value is -1.10. The van der Waals surface area contributed by atoms with E-state index in [1.54, 1.807) is 12.1 Å². The number of cyclic esters (lactones) is 1. The topological polar surface area (TPSA) is 38.3 Å². The first-order chi connectivity index (χ1) is 7.90. The summed E-state index contributed by atoms with van der Waals surface area (Å²) in [7, 11) is 0. The number of amides is 1. The van der Waals surface area contributed by atoms with E-state index in [9.17, 15) is 9.18 Å². The molecule has 1 aromatic carbocycles. The third-order valence-corrected chi connectivity index (χ3v) is 3.38. The van der Waals surface area contributed by atoms with Gasteiger partial charge in [-0.2, -0.15) is 0 Å². The molecule has 0 unspecified atom stereocenters. The lowest BCUT2D eigenvalue weighted by atomic mass is 9.80. The summed E-state index contributed by atoms with van der Waals surface area (Å²) < 4.78 is 19.5. The fourth-order valence-corrected chi connectivity index (χ4v) is 2.30. The van der Waals surface area contributed by atoms with Gasteiger partial charge in [-0.25, -0.2) is 9.18 Å². The molecule has 0 saturated carbocycles. The van der Waals surface area contributed by atoms with E-state index >= 15 is 0 Å². The van der Waals surface area contributed by atoms with Crippen LogP contribution in [-0.4, -0.2) is 12.7 Å². The number of hydrogen-bond donors (Lipinski definition) is 1. The van der Waals surface area contributed by atoms with Gasteiger partial charge in [0.15, 0.2) is 0 Å². The van der Waals surface area contributed by atoms with Crippen molar-refractivity contribution in [2.75, 3.05) is 6.61 Å². The van der Waals surface area contributed by atoms with Gasteiger partial charge in [0.25, 0.3) is 0 Å². The molecular weight excluding hydrogens is 289 g/mol. The maximum atomic E-state index is 13.8. The van der Waals surface area contributed by atoms with Gasteiger partial charge in [0, 0.05) is 15.5 Å². The molecule has 17 heavy (non-hydrogen) atoms. The van der Waals surface area contributed by atoms with Crippen molar-refractivity contribution < 1.29 is 13.9 Å². The van der Waals surface area contributed by atoms with E-state index in [2.05, 4.69) is 21.2 Å². The minimum atomic E-state index is -0.506. The summed E-state index contributed by atoms with van der Waals surface area (Å²) >= 11 is 3.30. The van der Waals surface area contributed by atoms with Crippen molar-refractivity contribution >= 4 is 22.0 Å². The molecule has 1 saturated heterocycles. The van der Waals surface area contributed by atoms with Crippen molar-refractivity contribution in [2.45, 2.75) is 19.9 Å². The van der Waals surface area contributed by atoms with E-state index in [0.717, 1.165) is 4.47 Å². The van der Waals surface area contributed by atoms with Crippen molar-refractivity contribution in [2.24, 2.45) is 5.41 Å². The number of benzene rings is 1. The van der Waals surface area contributed by atoms with Gasteiger partial charge in [-0.3, -0.25) is 0 Å². The molecule has 1 aliphatic heterocycles. The maximum absolute atomic E-state index is 13.8. The van der Waals surface area contributed by atoms with Crippen molar-refractivity contribution in [3.05, 3.63) is 34.1 Å². The van der Waals surface area contributed by atoms with E-state index < -0.39 is 6.09 Å². The van der Waals surface area contributed by atoms with Crippen molar-refractivity contribution in [3.8, 4) is 0 Å². The van der Waals surface area contributed by atoms with Gasteiger partial charge >= 0.3 is 6.09 Å². The Morgan fingerprint density at radius 1 is 1.53 bits per heavy atom. The smallest absolute Gasteiger partial charge is 0.407 e.